The van der Waals surface area contributed by atoms with Crippen molar-refractivity contribution in [2.45, 2.75) is 13.0 Å². The Labute approximate surface area is 205 Å². The number of pyridine rings is 1. The number of hydrogen-bond acceptors (Lipinski definition) is 6. The van der Waals surface area contributed by atoms with Gasteiger partial charge in [-0.2, -0.15) is 4.98 Å². The van der Waals surface area contributed by atoms with Crippen LogP contribution in [0.25, 0.3) is 33.6 Å². The number of benzene rings is 2. The van der Waals surface area contributed by atoms with E-state index < -0.39 is 5.82 Å². The number of halogens is 1. The standard InChI is InChI=1S/C27H21FN8/c28-20-13-30-27(34-26(20)36-16-31-21-3-1-2-4-23(21)36)32-19-8-5-17(6-9-19)18-7-10-25-33-22-14-29-12-11-24(22)35(25)15-18/h1-10,13,15-16,29H,11-12,14H2,(H,30,32,34). The summed E-state index contributed by atoms with van der Waals surface area (Å²) < 4.78 is 18.4. The predicted octanol–water partition coefficient (Wildman–Crippen LogP) is 4.66. The van der Waals surface area contributed by atoms with Crippen molar-refractivity contribution in [1.29, 1.82) is 0 Å². The van der Waals surface area contributed by atoms with Crippen LogP contribution in [0.5, 0.6) is 0 Å². The Morgan fingerprint density at radius 3 is 2.69 bits per heavy atom. The number of para-hydroxylation sites is 2. The summed E-state index contributed by atoms with van der Waals surface area (Å²) in [6.45, 7) is 1.78. The van der Waals surface area contributed by atoms with E-state index in [9.17, 15) is 4.39 Å². The largest absolute Gasteiger partial charge is 0.324 e. The number of fused-ring (bicyclic) bond motifs is 4. The van der Waals surface area contributed by atoms with Crippen LogP contribution >= 0.6 is 0 Å². The van der Waals surface area contributed by atoms with Crippen molar-refractivity contribution in [3.05, 3.63) is 96.6 Å². The van der Waals surface area contributed by atoms with Crippen LogP contribution in [0, 0.1) is 5.82 Å². The molecule has 4 aromatic heterocycles. The molecule has 0 unspecified atom stereocenters. The molecule has 0 saturated heterocycles. The maximum Gasteiger partial charge on any atom is 0.229 e. The highest BCUT2D eigenvalue weighted by molar-refractivity contribution is 5.77. The summed E-state index contributed by atoms with van der Waals surface area (Å²) in [6, 6.07) is 19.7. The smallest absolute Gasteiger partial charge is 0.229 e. The van der Waals surface area contributed by atoms with E-state index in [-0.39, 0.29) is 5.82 Å². The van der Waals surface area contributed by atoms with E-state index in [4.69, 9.17) is 4.98 Å². The third kappa shape index (κ3) is 3.48. The summed E-state index contributed by atoms with van der Waals surface area (Å²) in [5.74, 6) is -0.0751. The van der Waals surface area contributed by atoms with E-state index in [1.54, 1.807) is 10.9 Å². The summed E-state index contributed by atoms with van der Waals surface area (Å²) in [6.07, 6.45) is 5.86. The molecule has 7 rings (SSSR count). The van der Waals surface area contributed by atoms with Crippen molar-refractivity contribution in [1.82, 2.24) is 34.2 Å². The number of nitrogens with one attached hydrogen (secondary N) is 2. The van der Waals surface area contributed by atoms with E-state index in [1.165, 1.54) is 11.9 Å². The summed E-state index contributed by atoms with van der Waals surface area (Å²) >= 11 is 0. The van der Waals surface area contributed by atoms with Crippen LogP contribution in [-0.4, -0.2) is 35.4 Å². The van der Waals surface area contributed by atoms with Gasteiger partial charge in [-0.1, -0.05) is 24.3 Å². The summed E-state index contributed by atoms with van der Waals surface area (Å²) in [5, 5.41) is 6.56. The molecule has 0 aliphatic carbocycles. The monoisotopic (exact) mass is 476 g/mol. The minimum absolute atomic E-state index is 0.144. The average Bonchev–Trinajstić information content (AvgIpc) is 3.51. The first kappa shape index (κ1) is 20.7. The van der Waals surface area contributed by atoms with Crippen molar-refractivity contribution < 1.29 is 4.39 Å². The minimum Gasteiger partial charge on any atom is -0.324 e. The predicted molar refractivity (Wildman–Crippen MR) is 136 cm³/mol. The molecule has 2 aromatic carbocycles. The molecule has 176 valence electrons. The van der Waals surface area contributed by atoms with Crippen molar-refractivity contribution in [3.63, 3.8) is 0 Å². The molecule has 0 radical (unpaired) electrons. The zero-order valence-electron chi connectivity index (χ0n) is 19.2. The highest BCUT2D eigenvalue weighted by Crippen LogP contribution is 2.26. The number of imidazole rings is 2. The van der Waals surface area contributed by atoms with Crippen molar-refractivity contribution in [3.8, 4) is 16.9 Å². The lowest BCUT2D eigenvalue weighted by Crippen LogP contribution is -2.24. The van der Waals surface area contributed by atoms with Gasteiger partial charge in [0, 0.05) is 37.1 Å². The molecule has 0 amide bonds. The second-order valence-electron chi connectivity index (χ2n) is 8.75. The van der Waals surface area contributed by atoms with Crippen LogP contribution in [-0.2, 0) is 13.0 Å². The average molecular weight is 477 g/mol. The highest BCUT2D eigenvalue weighted by atomic mass is 19.1. The minimum atomic E-state index is -0.521. The summed E-state index contributed by atoms with van der Waals surface area (Å²) in [7, 11) is 0. The van der Waals surface area contributed by atoms with Gasteiger partial charge in [-0.25, -0.2) is 19.3 Å². The number of anilines is 2. The molecule has 1 aliphatic heterocycles. The molecule has 2 N–H and O–H groups in total. The number of hydrogen-bond donors (Lipinski definition) is 2. The van der Waals surface area contributed by atoms with E-state index in [2.05, 4.69) is 48.3 Å². The molecule has 0 atom stereocenters. The number of rotatable bonds is 4. The molecular weight excluding hydrogens is 455 g/mol. The van der Waals surface area contributed by atoms with Gasteiger partial charge in [-0.3, -0.25) is 4.57 Å². The summed E-state index contributed by atoms with van der Waals surface area (Å²) in [5.41, 5.74) is 7.92. The maximum atomic E-state index is 14.6. The second kappa shape index (κ2) is 8.24. The van der Waals surface area contributed by atoms with Gasteiger partial charge in [-0.15, -0.1) is 0 Å². The van der Waals surface area contributed by atoms with E-state index in [1.807, 2.05) is 48.5 Å². The maximum absolute atomic E-state index is 14.6. The Kier molecular flexibility index (Phi) is 4.74. The van der Waals surface area contributed by atoms with Crippen LogP contribution in [0.3, 0.4) is 0 Å². The lowest BCUT2D eigenvalue weighted by atomic mass is 10.1. The molecule has 8 nitrogen and oxygen atoms in total. The van der Waals surface area contributed by atoms with Crippen molar-refractivity contribution >= 4 is 28.3 Å². The van der Waals surface area contributed by atoms with E-state index >= 15 is 0 Å². The topological polar surface area (TPSA) is 85.0 Å². The lowest BCUT2D eigenvalue weighted by Gasteiger charge is -2.12. The van der Waals surface area contributed by atoms with Crippen LogP contribution in [0.4, 0.5) is 16.0 Å². The van der Waals surface area contributed by atoms with E-state index in [0.29, 0.717) is 5.95 Å². The van der Waals surface area contributed by atoms with Crippen LogP contribution in [0.1, 0.15) is 11.4 Å². The van der Waals surface area contributed by atoms with Gasteiger partial charge >= 0.3 is 0 Å². The zero-order valence-corrected chi connectivity index (χ0v) is 19.2. The SMILES string of the molecule is Fc1cnc(Nc2ccc(-c3ccc4nc5c(n4c3)CCNC5)cc2)nc1-n1cnc2ccccc21. The highest BCUT2D eigenvalue weighted by Gasteiger charge is 2.16. The Morgan fingerprint density at radius 1 is 0.917 bits per heavy atom. The molecule has 6 aromatic rings. The fourth-order valence-corrected chi connectivity index (χ4v) is 4.72. The Morgan fingerprint density at radius 2 is 1.78 bits per heavy atom. The van der Waals surface area contributed by atoms with Gasteiger partial charge in [0.2, 0.25) is 5.95 Å². The molecule has 9 heteroatoms. The fraction of sp³-hybridized carbons (Fsp3) is 0.111. The number of aromatic nitrogens is 6. The summed E-state index contributed by atoms with van der Waals surface area (Å²) in [4.78, 5) is 17.6. The Bertz CT molecular complexity index is 1730. The lowest BCUT2D eigenvalue weighted by molar-refractivity contribution is 0.604. The third-order valence-corrected chi connectivity index (χ3v) is 6.51. The van der Waals surface area contributed by atoms with Gasteiger partial charge < -0.3 is 15.0 Å². The molecule has 5 heterocycles. The Hall–Kier alpha value is -4.63. The van der Waals surface area contributed by atoms with Crippen LogP contribution in [0.15, 0.2) is 79.4 Å². The Balaban J connectivity index is 1.17. The molecule has 0 fully saturated rings. The molecular formula is C27H21FN8. The molecule has 0 spiro atoms. The first-order valence-corrected chi connectivity index (χ1v) is 11.8. The molecule has 1 aliphatic rings. The van der Waals surface area contributed by atoms with Gasteiger partial charge in [0.25, 0.3) is 0 Å². The quantitative estimate of drug-likeness (QED) is 0.385. The van der Waals surface area contributed by atoms with Gasteiger partial charge in [0.15, 0.2) is 11.6 Å². The van der Waals surface area contributed by atoms with Gasteiger partial charge in [0.05, 0.1) is 22.9 Å². The van der Waals surface area contributed by atoms with E-state index in [0.717, 1.165) is 58.7 Å². The fourth-order valence-electron chi connectivity index (χ4n) is 4.72. The van der Waals surface area contributed by atoms with Crippen molar-refractivity contribution in [2.75, 3.05) is 11.9 Å². The number of nitrogens with zero attached hydrogens (tertiary/aromatic N) is 6. The second-order valence-corrected chi connectivity index (χ2v) is 8.75. The first-order chi connectivity index (χ1) is 17.7. The zero-order chi connectivity index (χ0) is 24.1. The third-order valence-electron chi connectivity index (χ3n) is 6.51. The molecule has 0 bridgehead atoms. The van der Waals surface area contributed by atoms with Crippen LogP contribution in [0.2, 0.25) is 0 Å². The first-order valence-electron chi connectivity index (χ1n) is 11.8. The molecule has 0 saturated carbocycles. The van der Waals surface area contributed by atoms with Crippen LogP contribution < -0.4 is 10.6 Å². The van der Waals surface area contributed by atoms with Gasteiger partial charge in [0.1, 0.15) is 12.0 Å². The molecule has 36 heavy (non-hydrogen) atoms. The normalized spacial score (nSPS) is 13.2. The van der Waals surface area contributed by atoms with Crippen molar-refractivity contribution in [2.24, 2.45) is 0 Å². The van der Waals surface area contributed by atoms with Gasteiger partial charge in [-0.05, 0) is 47.5 Å².